The number of pyridine rings is 1. The lowest BCUT2D eigenvalue weighted by Gasteiger charge is -1.98. The van der Waals surface area contributed by atoms with Crippen molar-refractivity contribution in [2.45, 2.75) is 6.54 Å². The molecule has 0 fully saturated rings. The second kappa shape index (κ2) is 6.48. The summed E-state index contributed by atoms with van der Waals surface area (Å²) in [6, 6.07) is 15.7. The van der Waals surface area contributed by atoms with E-state index in [0.717, 1.165) is 17.8 Å². The lowest BCUT2D eigenvalue weighted by molar-refractivity contribution is -0.696. The summed E-state index contributed by atoms with van der Waals surface area (Å²) in [5, 5.41) is 8.75. The highest BCUT2D eigenvalue weighted by Crippen LogP contribution is 2.07. The van der Waals surface area contributed by atoms with Gasteiger partial charge < -0.3 is 5.73 Å². The second-order valence-corrected chi connectivity index (χ2v) is 4.17. The molecule has 1 aromatic heterocycles. The molecule has 0 aliphatic carbocycles. The Labute approximate surface area is 113 Å². The van der Waals surface area contributed by atoms with Crippen molar-refractivity contribution in [3.63, 3.8) is 0 Å². The van der Waals surface area contributed by atoms with Crippen molar-refractivity contribution in [1.82, 2.24) is 0 Å². The summed E-state index contributed by atoms with van der Waals surface area (Å²) in [5.41, 5.74) is 8.45. The number of hydrogen-bond acceptors (Lipinski definition) is 2. The van der Waals surface area contributed by atoms with Crippen molar-refractivity contribution in [2.24, 2.45) is 5.73 Å². The third kappa shape index (κ3) is 3.51. The number of rotatable bonds is 4. The molecule has 2 N–H and O–H groups in total. The first kappa shape index (κ1) is 13.0. The minimum absolute atomic E-state index is 0.617. The monoisotopic (exact) mass is 250 g/mol. The van der Waals surface area contributed by atoms with Gasteiger partial charge >= 0.3 is 0 Å². The molecule has 19 heavy (non-hydrogen) atoms. The van der Waals surface area contributed by atoms with Crippen molar-refractivity contribution in [3.05, 3.63) is 65.5 Å². The van der Waals surface area contributed by atoms with Crippen LogP contribution >= 0.6 is 0 Å². The summed E-state index contributed by atoms with van der Waals surface area (Å²) in [5.74, 6) is 0. The van der Waals surface area contributed by atoms with Gasteiger partial charge in [-0.15, -0.1) is 0 Å². The molecule has 3 heteroatoms. The van der Waals surface area contributed by atoms with Crippen LogP contribution in [0, 0.1) is 11.3 Å². The summed E-state index contributed by atoms with van der Waals surface area (Å²) >= 11 is 0. The number of benzene rings is 1. The van der Waals surface area contributed by atoms with Gasteiger partial charge in [0, 0.05) is 18.2 Å². The first-order chi connectivity index (χ1) is 9.33. The highest BCUT2D eigenvalue weighted by Gasteiger charge is 2.04. The summed E-state index contributed by atoms with van der Waals surface area (Å²) in [4.78, 5) is 0. The highest BCUT2D eigenvalue weighted by molar-refractivity contribution is 5.67. The van der Waals surface area contributed by atoms with E-state index in [2.05, 4.69) is 22.8 Å². The van der Waals surface area contributed by atoms with Crippen LogP contribution in [-0.2, 0) is 6.54 Å². The Balaban J connectivity index is 2.20. The van der Waals surface area contributed by atoms with Gasteiger partial charge in [0.25, 0.3) is 0 Å². The van der Waals surface area contributed by atoms with Gasteiger partial charge in [0.2, 0.25) is 5.69 Å². The maximum Gasteiger partial charge on any atom is 0.205 e. The molecule has 2 rings (SSSR count). The zero-order valence-corrected chi connectivity index (χ0v) is 10.7. The van der Waals surface area contributed by atoms with Crippen LogP contribution < -0.4 is 10.3 Å². The smallest absolute Gasteiger partial charge is 0.205 e. The molecule has 1 heterocycles. The minimum Gasteiger partial charge on any atom is -0.325 e. The van der Waals surface area contributed by atoms with E-state index in [-0.39, 0.29) is 0 Å². The molecule has 0 bridgehead atoms. The predicted molar refractivity (Wildman–Crippen MR) is 75.8 cm³/mol. The molecule has 0 saturated heterocycles. The van der Waals surface area contributed by atoms with Crippen LogP contribution in [0.5, 0.6) is 0 Å². The SMILES string of the molecule is N#Cc1ccc(/C=C/c2cccc[n+]2CCN)cc1. The fourth-order valence-corrected chi connectivity index (χ4v) is 1.83. The van der Waals surface area contributed by atoms with Crippen LogP contribution in [0.2, 0.25) is 0 Å². The highest BCUT2D eigenvalue weighted by atomic mass is 15.0. The van der Waals surface area contributed by atoms with Crippen LogP contribution in [0.1, 0.15) is 16.8 Å². The summed E-state index contributed by atoms with van der Waals surface area (Å²) in [7, 11) is 0. The zero-order chi connectivity index (χ0) is 13.5. The largest absolute Gasteiger partial charge is 0.325 e. The molecular weight excluding hydrogens is 234 g/mol. The van der Waals surface area contributed by atoms with Crippen molar-refractivity contribution in [2.75, 3.05) is 6.54 Å². The standard InChI is InChI=1S/C16H16N3/c17-10-12-19-11-2-1-3-16(19)9-8-14-4-6-15(13-18)7-5-14/h1-9,11H,10,12,17H2/q+1/b9-8+. The van der Waals surface area contributed by atoms with Gasteiger partial charge in [-0.2, -0.15) is 9.83 Å². The van der Waals surface area contributed by atoms with Crippen LogP contribution in [0.4, 0.5) is 0 Å². The quantitative estimate of drug-likeness (QED) is 0.843. The van der Waals surface area contributed by atoms with Crippen molar-refractivity contribution >= 4 is 12.2 Å². The first-order valence-corrected chi connectivity index (χ1v) is 6.20. The van der Waals surface area contributed by atoms with E-state index in [1.54, 1.807) is 0 Å². The molecule has 94 valence electrons. The van der Waals surface area contributed by atoms with Gasteiger partial charge in [-0.05, 0) is 29.8 Å². The summed E-state index contributed by atoms with van der Waals surface area (Å²) in [6.45, 7) is 1.42. The van der Waals surface area contributed by atoms with E-state index in [9.17, 15) is 0 Å². The minimum atomic E-state index is 0.617. The normalized spacial score (nSPS) is 10.5. The predicted octanol–water partition coefficient (Wildman–Crippen LogP) is 1.97. The second-order valence-electron chi connectivity index (χ2n) is 4.17. The van der Waals surface area contributed by atoms with Crippen molar-refractivity contribution in [3.8, 4) is 6.07 Å². The van der Waals surface area contributed by atoms with Gasteiger partial charge in [0.1, 0.15) is 0 Å². The molecule has 0 atom stereocenters. The molecule has 0 saturated carbocycles. The number of nitriles is 1. The fraction of sp³-hybridized carbons (Fsp3) is 0.125. The van der Waals surface area contributed by atoms with E-state index in [4.69, 9.17) is 11.0 Å². The van der Waals surface area contributed by atoms with Gasteiger partial charge in [-0.1, -0.05) is 12.1 Å². The number of nitrogens with two attached hydrogens (primary N) is 1. The number of aromatic nitrogens is 1. The molecule has 0 amide bonds. The van der Waals surface area contributed by atoms with Crippen molar-refractivity contribution < 1.29 is 4.57 Å². The molecule has 0 spiro atoms. The summed E-state index contributed by atoms with van der Waals surface area (Å²) < 4.78 is 2.11. The van der Waals surface area contributed by atoms with E-state index in [1.165, 1.54) is 0 Å². The Morgan fingerprint density at radius 2 is 1.89 bits per heavy atom. The van der Waals surface area contributed by atoms with Crippen LogP contribution in [-0.4, -0.2) is 6.54 Å². The molecule has 1 aromatic carbocycles. The molecule has 0 unspecified atom stereocenters. The third-order valence-electron chi connectivity index (χ3n) is 2.83. The van der Waals surface area contributed by atoms with Gasteiger partial charge in [-0.25, -0.2) is 0 Å². The van der Waals surface area contributed by atoms with Gasteiger partial charge in [-0.3, -0.25) is 0 Å². The Morgan fingerprint density at radius 1 is 1.11 bits per heavy atom. The molecule has 3 nitrogen and oxygen atoms in total. The summed E-state index contributed by atoms with van der Waals surface area (Å²) in [6.07, 6.45) is 6.10. The average Bonchev–Trinajstić information content (AvgIpc) is 2.47. The number of nitrogens with zero attached hydrogens (tertiary/aromatic N) is 2. The van der Waals surface area contributed by atoms with Gasteiger partial charge in [0.05, 0.1) is 18.2 Å². The van der Waals surface area contributed by atoms with Gasteiger partial charge in [0.15, 0.2) is 12.7 Å². The molecule has 0 radical (unpaired) electrons. The average molecular weight is 250 g/mol. The van der Waals surface area contributed by atoms with Crippen LogP contribution in [0.25, 0.3) is 12.2 Å². The van der Waals surface area contributed by atoms with Crippen molar-refractivity contribution in [1.29, 1.82) is 5.26 Å². The topological polar surface area (TPSA) is 53.7 Å². The first-order valence-electron chi connectivity index (χ1n) is 6.20. The number of hydrogen-bond donors (Lipinski definition) is 1. The molecule has 0 aliphatic heterocycles. The third-order valence-corrected chi connectivity index (χ3v) is 2.83. The van der Waals surface area contributed by atoms with E-state index >= 15 is 0 Å². The maximum atomic E-state index is 8.75. The maximum absolute atomic E-state index is 8.75. The van der Waals surface area contributed by atoms with E-state index in [1.807, 2.05) is 48.7 Å². The van der Waals surface area contributed by atoms with Crippen LogP contribution in [0.3, 0.4) is 0 Å². The molecule has 2 aromatic rings. The molecule has 0 aliphatic rings. The lowest BCUT2D eigenvalue weighted by atomic mass is 10.1. The van der Waals surface area contributed by atoms with E-state index < -0.39 is 0 Å². The molecular formula is C16H16N3+. The Bertz CT molecular complexity index is 607. The zero-order valence-electron chi connectivity index (χ0n) is 10.7. The Hall–Kier alpha value is -2.44. The fourth-order valence-electron chi connectivity index (χ4n) is 1.83. The van der Waals surface area contributed by atoms with E-state index in [0.29, 0.717) is 12.1 Å². The Morgan fingerprint density at radius 3 is 2.58 bits per heavy atom. The van der Waals surface area contributed by atoms with Crippen LogP contribution in [0.15, 0.2) is 48.7 Å². The Kier molecular flexibility index (Phi) is 4.44. The lowest BCUT2D eigenvalue weighted by Crippen LogP contribution is -2.39.